The first-order valence-electron chi connectivity index (χ1n) is 4.30. The van der Waals surface area contributed by atoms with Gasteiger partial charge in [0, 0.05) is 5.02 Å². The Morgan fingerprint density at radius 2 is 2.14 bits per heavy atom. The van der Waals surface area contributed by atoms with Gasteiger partial charge in [0.05, 0.1) is 12.2 Å². The van der Waals surface area contributed by atoms with E-state index in [4.69, 9.17) is 21.1 Å². The number of epoxide rings is 1. The summed E-state index contributed by atoms with van der Waals surface area (Å²) in [4.78, 5) is 11.4. The standard InChI is InChI=1S/C10H9ClO3/c11-8-3-1-7(2-4-8)10(12)14-6-9-5-13-9/h1-4,9H,5-6H2. The second kappa shape index (κ2) is 3.98. The highest BCUT2D eigenvalue weighted by Crippen LogP contribution is 2.12. The van der Waals surface area contributed by atoms with Crippen LogP contribution in [0.4, 0.5) is 0 Å². The second-order valence-corrected chi connectivity index (χ2v) is 3.50. The van der Waals surface area contributed by atoms with Gasteiger partial charge in [-0.25, -0.2) is 4.79 Å². The van der Waals surface area contributed by atoms with Crippen molar-refractivity contribution in [1.82, 2.24) is 0 Å². The number of hydrogen-bond acceptors (Lipinski definition) is 3. The zero-order chi connectivity index (χ0) is 9.97. The molecular formula is C10H9ClO3. The smallest absolute Gasteiger partial charge is 0.338 e. The summed E-state index contributed by atoms with van der Waals surface area (Å²) >= 11 is 5.68. The summed E-state index contributed by atoms with van der Waals surface area (Å²) in [6.45, 7) is 1.02. The van der Waals surface area contributed by atoms with Gasteiger partial charge in [-0.15, -0.1) is 0 Å². The summed E-state index contributed by atoms with van der Waals surface area (Å²) in [6.07, 6.45) is 0.103. The van der Waals surface area contributed by atoms with E-state index >= 15 is 0 Å². The van der Waals surface area contributed by atoms with Crippen molar-refractivity contribution in [2.75, 3.05) is 13.2 Å². The van der Waals surface area contributed by atoms with Gasteiger partial charge in [-0.05, 0) is 24.3 Å². The van der Waals surface area contributed by atoms with Gasteiger partial charge < -0.3 is 9.47 Å². The molecular weight excluding hydrogens is 204 g/mol. The first kappa shape index (κ1) is 9.49. The monoisotopic (exact) mass is 212 g/mol. The predicted octanol–water partition coefficient (Wildman–Crippen LogP) is 1.90. The minimum Gasteiger partial charge on any atom is -0.459 e. The zero-order valence-corrected chi connectivity index (χ0v) is 8.16. The molecule has 1 aromatic carbocycles. The zero-order valence-electron chi connectivity index (χ0n) is 7.40. The number of esters is 1. The SMILES string of the molecule is O=C(OCC1CO1)c1ccc(Cl)cc1. The van der Waals surface area contributed by atoms with E-state index in [0.29, 0.717) is 23.8 Å². The Labute approximate surface area is 86.6 Å². The van der Waals surface area contributed by atoms with Crippen LogP contribution in [0.3, 0.4) is 0 Å². The lowest BCUT2D eigenvalue weighted by molar-refractivity contribution is 0.0476. The largest absolute Gasteiger partial charge is 0.459 e. The van der Waals surface area contributed by atoms with Crippen molar-refractivity contribution in [1.29, 1.82) is 0 Å². The molecule has 3 nitrogen and oxygen atoms in total. The van der Waals surface area contributed by atoms with Gasteiger partial charge in [0.2, 0.25) is 0 Å². The van der Waals surface area contributed by atoms with Crippen LogP contribution in [-0.2, 0) is 9.47 Å². The molecule has 0 aromatic heterocycles. The van der Waals surface area contributed by atoms with Gasteiger partial charge in [-0.2, -0.15) is 0 Å². The highest BCUT2D eigenvalue weighted by Gasteiger charge is 2.24. The maximum Gasteiger partial charge on any atom is 0.338 e. The maximum absolute atomic E-state index is 11.4. The molecule has 0 spiro atoms. The molecule has 1 saturated heterocycles. The Morgan fingerprint density at radius 3 is 2.71 bits per heavy atom. The molecule has 1 atom stereocenters. The summed E-state index contributed by atoms with van der Waals surface area (Å²) in [5.74, 6) is -0.336. The Balaban J connectivity index is 1.92. The molecule has 1 aliphatic heterocycles. The van der Waals surface area contributed by atoms with E-state index < -0.39 is 0 Å². The molecule has 4 heteroatoms. The van der Waals surface area contributed by atoms with E-state index in [-0.39, 0.29) is 12.1 Å². The van der Waals surface area contributed by atoms with Crippen LogP contribution >= 0.6 is 11.6 Å². The second-order valence-electron chi connectivity index (χ2n) is 3.06. The highest BCUT2D eigenvalue weighted by molar-refractivity contribution is 6.30. The fourth-order valence-corrected chi connectivity index (χ4v) is 1.13. The third-order valence-electron chi connectivity index (χ3n) is 1.88. The number of benzene rings is 1. The van der Waals surface area contributed by atoms with Crippen LogP contribution < -0.4 is 0 Å². The molecule has 0 aliphatic carbocycles. The van der Waals surface area contributed by atoms with Gasteiger partial charge in [-0.1, -0.05) is 11.6 Å². The quantitative estimate of drug-likeness (QED) is 0.568. The maximum atomic E-state index is 11.4. The topological polar surface area (TPSA) is 38.8 Å². The summed E-state index contributed by atoms with van der Waals surface area (Å²) < 4.78 is 9.90. The normalized spacial score (nSPS) is 19.1. The lowest BCUT2D eigenvalue weighted by Gasteiger charge is -2.02. The first-order valence-corrected chi connectivity index (χ1v) is 4.68. The van der Waals surface area contributed by atoms with Crippen LogP contribution in [0, 0.1) is 0 Å². The van der Waals surface area contributed by atoms with E-state index in [1.165, 1.54) is 0 Å². The fraction of sp³-hybridized carbons (Fsp3) is 0.300. The van der Waals surface area contributed by atoms with Crippen LogP contribution in [0.15, 0.2) is 24.3 Å². The molecule has 0 saturated carbocycles. The minimum atomic E-state index is -0.336. The molecule has 0 amide bonds. The van der Waals surface area contributed by atoms with Gasteiger partial charge in [0.1, 0.15) is 12.7 Å². The van der Waals surface area contributed by atoms with E-state index in [9.17, 15) is 4.79 Å². The van der Waals surface area contributed by atoms with Gasteiger partial charge >= 0.3 is 5.97 Å². The van der Waals surface area contributed by atoms with Crippen LogP contribution in [0.2, 0.25) is 5.02 Å². The number of carbonyl (C=O) groups is 1. The Bertz CT molecular complexity index is 330. The molecule has 2 rings (SSSR count). The number of rotatable bonds is 3. The molecule has 1 aromatic rings. The first-order chi connectivity index (χ1) is 6.75. The lowest BCUT2D eigenvalue weighted by Crippen LogP contribution is -2.09. The van der Waals surface area contributed by atoms with E-state index in [2.05, 4.69) is 0 Å². The summed E-state index contributed by atoms with van der Waals surface area (Å²) in [5, 5.41) is 0.604. The number of ether oxygens (including phenoxy) is 2. The molecule has 74 valence electrons. The average Bonchev–Trinajstić information content (AvgIpc) is 2.99. The van der Waals surface area contributed by atoms with Crippen molar-refractivity contribution < 1.29 is 14.3 Å². The number of hydrogen-bond donors (Lipinski definition) is 0. The molecule has 1 fully saturated rings. The van der Waals surface area contributed by atoms with Crippen molar-refractivity contribution in [3.8, 4) is 0 Å². The Kier molecular flexibility index (Phi) is 2.70. The molecule has 1 aliphatic rings. The third-order valence-corrected chi connectivity index (χ3v) is 2.13. The highest BCUT2D eigenvalue weighted by atomic mass is 35.5. The van der Waals surface area contributed by atoms with Crippen LogP contribution in [0.25, 0.3) is 0 Å². The summed E-state index contributed by atoms with van der Waals surface area (Å²) in [6, 6.07) is 6.59. The van der Waals surface area contributed by atoms with E-state index in [1.807, 2.05) is 0 Å². The number of carbonyl (C=O) groups excluding carboxylic acids is 1. The molecule has 14 heavy (non-hydrogen) atoms. The van der Waals surface area contributed by atoms with Crippen molar-refractivity contribution in [2.45, 2.75) is 6.10 Å². The molecule has 1 heterocycles. The van der Waals surface area contributed by atoms with Crippen LogP contribution in [-0.4, -0.2) is 25.3 Å². The predicted molar refractivity (Wildman–Crippen MR) is 51.5 cm³/mol. The fourth-order valence-electron chi connectivity index (χ4n) is 1.00. The molecule has 0 N–H and O–H groups in total. The van der Waals surface area contributed by atoms with Gasteiger partial charge in [0.25, 0.3) is 0 Å². The van der Waals surface area contributed by atoms with Crippen LogP contribution in [0.5, 0.6) is 0 Å². The number of halogens is 1. The van der Waals surface area contributed by atoms with Crippen molar-refractivity contribution in [2.24, 2.45) is 0 Å². The summed E-state index contributed by atoms with van der Waals surface area (Å²) in [5.41, 5.74) is 0.509. The molecule has 1 unspecified atom stereocenters. The van der Waals surface area contributed by atoms with Crippen molar-refractivity contribution >= 4 is 17.6 Å². The van der Waals surface area contributed by atoms with Crippen molar-refractivity contribution in [3.05, 3.63) is 34.9 Å². The third kappa shape index (κ3) is 2.47. The average molecular weight is 213 g/mol. The van der Waals surface area contributed by atoms with Gasteiger partial charge in [-0.3, -0.25) is 0 Å². The Hall–Kier alpha value is -1.06. The Morgan fingerprint density at radius 1 is 1.50 bits per heavy atom. The van der Waals surface area contributed by atoms with Gasteiger partial charge in [0.15, 0.2) is 0 Å². The van der Waals surface area contributed by atoms with E-state index in [0.717, 1.165) is 0 Å². The van der Waals surface area contributed by atoms with Crippen molar-refractivity contribution in [3.63, 3.8) is 0 Å². The summed E-state index contributed by atoms with van der Waals surface area (Å²) in [7, 11) is 0. The molecule has 0 radical (unpaired) electrons. The lowest BCUT2D eigenvalue weighted by atomic mass is 10.2. The molecule has 0 bridgehead atoms. The minimum absolute atomic E-state index is 0.103. The van der Waals surface area contributed by atoms with E-state index in [1.54, 1.807) is 24.3 Å². The van der Waals surface area contributed by atoms with Crippen LogP contribution in [0.1, 0.15) is 10.4 Å².